The van der Waals surface area contributed by atoms with Gasteiger partial charge >= 0.3 is 0 Å². The van der Waals surface area contributed by atoms with Gasteiger partial charge in [0.25, 0.3) is 5.56 Å². The number of alkyl halides is 1. The molecule has 0 saturated carbocycles. The van der Waals surface area contributed by atoms with E-state index in [9.17, 15) is 14.0 Å². The number of halogens is 2. The minimum Gasteiger partial charge on any atom is -0.495 e. The third-order valence-corrected chi connectivity index (χ3v) is 7.21. The molecule has 3 heterocycles. The summed E-state index contributed by atoms with van der Waals surface area (Å²) in [6, 6.07) is 11.1. The Morgan fingerprint density at radius 2 is 1.98 bits per heavy atom. The summed E-state index contributed by atoms with van der Waals surface area (Å²) in [6.45, 7) is 0.392. The van der Waals surface area contributed by atoms with E-state index in [4.69, 9.17) is 30.5 Å². The van der Waals surface area contributed by atoms with Crippen molar-refractivity contribution in [3.05, 3.63) is 75.8 Å². The summed E-state index contributed by atoms with van der Waals surface area (Å²) in [6.07, 6.45) is 3.41. The minimum atomic E-state index is -0.844. The van der Waals surface area contributed by atoms with Gasteiger partial charge in [-0.25, -0.2) is 4.39 Å². The van der Waals surface area contributed by atoms with E-state index in [1.54, 1.807) is 22.9 Å². The lowest BCUT2D eigenvalue weighted by molar-refractivity contribution is -0.126. The van der Waals surface area contributed by atoms with E-state index in [-0.39, 0.29) is 31.3 Å². The topological polar surface area (TPSA) is 93.8 Å². The second-order valence-electron chi connectivity index (χ2n) is 9.84. The zero-order valence-electron chi connectivity index (χ0n) is 22.8. The molecule has 0 bridgehead atoms. The first-order valence-electron chi connectivity index (χ1n) is 13.3. The van der Waals surface area contributed by atoms with E-state index in [0.717, 1.165) is 16.5 Å². The van der Waals surface area contributed by atoms with Crippen molar-refractivity contribution in [3.8, 4) is 22.6 Å². The van der Waals surface area contributed by atoms with Gasteiger partial charge < -0.3 is 23.5 Å². The first-order chi connectivity index (χ1) is 19.9. The number of ketones is 1. The molecule has 2 aromatic heterocycles. The summed E-state index contributed by atoms with van der Waals surface area (Å²) in [5.41, 5.74) is 2.11. The molecule has 5 rings (SSSR count). The molecule has 2 unspecified atom stereocenters. The summed E-state index contributed by atoms with van der Waals surface area (Å²) in [4.78, 5) is 27.5. The molecule has 2 aromatic carbocycles. The summed E-state index contributed by atoms with van der Waals surface area (Å²) < 4.78 is 38.6. The molecular formula is C30H31ClFN3O6. The summed E-state index contributed by atoms with van der Waals surface area (Å²) in [5, 5.41) is 5.73. The summed E-state index contributed by atoms with van der Waals surface area (Å²) in [5.74, 6) is 0.523. The molecule has 2 atom stereocenters. The van der Waals surface area contributed by atoms with Crippen LogP contribution in [0.15, 0.2) is 59.7 Å². The monoisotopic (exact) mass is 583 g/mol. The van der Waals surface area contributed by atoms with E-state index in [0.29, 0.717) is 47.5 Å². The van der Waals surface area contributed by atoms with Crippen LogP contribution in [0, 0.1) is 0 Å². The molecule has 1 fully saturated rings. The molecular weight excluding hydrogens is 553 g/mol. The van der Waals surface area contributed by atoms with Crippen molar-refractivity contribution in [3.63, 3.8) is 0 Å². The van der Waals surface area contributed by atoms with Crippen LogP contribution in [0.25, 0.3) is 22.0 Å². The predicted molar refractivity (Wildman–Crippen MR) is 153 cm³/mol. The Bertz CT molecular complexity index is 1600. The lowest BCUT2D eigenvalue weighted by Gasteiger charge is -2.28. The number of carbonyl (C=O) groups is 1. The van der Waals surface area contributed by atoms with E-state index in [1.165, 1.54) is 23.9 Å². The van der Waals surface area contributed by atoms with Crippen LogP contribution in [0.1, 0.15) is 18.0 Å². The number of Topliss-reactive ketones (excluding diaryl/α,β-unsaturated/α-hetero) is 1. The SMILES string of the molecule is COc1cn(C(CC2COCCO2)C(=O)Cc2ccc3nn(C)cc3c2)c(=O)cc1-c1cc(Cl)ccc1OCCF. The normalized spacial score (nSPS) is 16.0. The lowest BCUT2D eigenvalue weighted by Crippen LogP contribution is -2.37. The predicted octanol–water partition coefficient (Wildman–Crippen LogP) is 4.57. The molecule has 0 spiro atoms. The Labute approximate surface area is 241 Å². The molecule has 0 N–H and O–H groups in total. The maximum atomic E-state index is 13.9. The van der Waals surface area contributed by atoms with E-state index >= 15 is 0 Å². The Balaban J connectivity index is 1.52. The highest BCUT2D eigenvalue weighted by Gasteiger charge is 2.29. The van der Waals surface area contributed by atoms with E-state index in [1.807, 2.05) is 31.4 Å². The fourth-order valence-electron chi connectivity index (χ4n) is 5.08. The smallest absolute Gasteiger partial charge is 0.252 e. The highest BCUT2D eigenvalue weighted by molar-refractivity contribution is 6.31. The molecule has 216 valence electrons. The highest BCUT2D eigenvalue weighted by Crippen LogP contribution is 2.38. The Hall–Kier alpha value is -3.73. The standard InChI is InChI=1S/C30H31ClFN3O6/c1-34-16-20-11-19(3-5-25(20)33-34)12-27(36)26(14-22-18-39-9-10-40-22)35-17-29(38-2)24(15-30(35)37)23-13-21(31)4-6-28(23)41-8-7-32/h3-6,11,13,15-17,22,26H,7-10,12,14,18H2,1-2H3. The molecule has 41 heavy (non-hydrogen) atoms. The number of pyridine rings is 1. The summed E-state index contributed by atoms with van der Waals surface area (Å²) >= 11 is 6.25. The van der Waals surface area contributed by atoms with Gasteiger partial charge in [0, 0.05) is 53.7 Å². The number of aryl methyl sites for hydroxylation is 1. The fourth-order valence-corrected chi connectivity index (χ4v) is 5.25. The Morgan fingerprint density at radius 3 is 2.73 bits per heavy atom. The second-order valence-corrected chi connectivity index (χ2v) is 10.3. The number of rotatable bonds is 11. The van der Waals surface area contributed by atoms with Crippen LogP contribution in [0.3, 0.4) is 0 Å². The Morgan fingerprint density at radius 1 is 1.15 bits per heavy atom. The molecule has 1 aliphatic rings. The van der Waals surface area contributed by atoms with Crippen molar-refractivity contribution in [2.45, 2.75) is 25.0 Å². The number of ether oxygens (including phenoxy) is 4. The number of benzene rings is 2. The molecule has 0 radical (unpaired) electrons. The van der Waals surface area contributed by atoms with Crippen LogP contribution in [-0.2, 0) is 27.7 Å². The van der Waals surface area contributed by atoms with Gasteiger partial charge in [-0.05, 0) is 35.9 Å². The largest absolute Gasteiger partial charge is 0.495 e. The van der Waals surface area contributed by atoms with Crippen molar-refractivity contribution in [2.24, 2.45) is 7.05 Å². The minimum absolute atomic E-state index is 0.106. The van der Waals surface area contributed by atoms with Crippen molar-refractivity contribution in [1.82, 2.24) is 14.3 Å². The number of carbonyl (C=O) groups excluding carboxylic acids is 1. The third-order valence-electron chi connectivity index (χ3n) is 6.97. The average Bonchev–Trinajstić information content (AvgIpc) is 3.35. The Kier molecular flexibility index (Phi) is 9.02. The fraction of sp³-hybridized carbons (Fsp3) is 0.367. The van der Waals surface area contributed by atoms with Gasteiger partial charge in [-0.1, -0.05) is 17.7 Å². The quantitative estimate of drug-likeness (QED) is 0.255. The number of methoxy groups -OCH3 is 1. The van der Waals surface area contributed by atoms with Crippen LogP contribution in [0.4, 0.5) is 4.39 Å². The molecule has 0 amide bonds. The molecule has 11 heteroatoms. The van der Waals surface area contributed by atoms with Crippen LogP contribution < -0.4 is 15.0 Å². The number of fused-ring (bicyclic) bond motifs is 1. The van der Waals surface area contributed by atoms with Gasteiger partial charge in [-0.2, -0.15) is 5.10 Å². The van der Waals surface area contributed by atoms with E-state index in [2.05, 4.69) is 5.10 Å². The van der Waals surface area contributed by atoms with Crippen molar-refractivity contribution in [1.29, 1.82) is 0 Å². The third kappa shape index (κ3) is 6.61. The summed E-state index contributed by atoms with van der Waals surface area (Å²) in [7, 11) is 3.31. The highest BCUT2D eigenvalue weighted by atomic mass is 35.5. The number of hydrogen-bond donors (Lipinski definition) is 0. The van der Waals surface area contributed by atoms with Crippen LogP contribution in [-0.4, -0.2) is 66.4 Å². The zero-order chi connectivity index (χ0) is 28.9. The number of hydrogen-bond acceptors (Lipinski definition) is 7. The van der Waals surface area contributed by atoms with Gasteiger partial charge in [0.1, 0.15) is 24.8 Å². The second kappa shape index (κ2) is 12.8. The number of aromatic nitrogens is 3. The maximum Gasteiger partial charge on any atom is 0.252 e. The van der Waals surface area contributed by atoms with Gasteiger partial charge in [-0.15, -0.1) is 0 Å². The zero-order valence-corrected chi connectivity index (χ0v) is 23.6. The first kappa shape index (κ1) is 28.8. The van der Waals surface area contributed by atoms with Crippen molar-refractivity contribution >= 4 is 28.3 Å². The number of nitrogens with zero attached hydrogens (tertiary/aromatic N) is 3. The first-order valence-corrected chi connectivity index (χ1v) is 13.7. The van der Waals surface area contributed by atoms with Crippen LogP contribution >= 0.6 is 11.6 Å². The van der Waals surface area contributed by atoms with Crippen LogP contribution in [0.5, 0.6) is 11.5 Å². The average molecular weight is 584 g/mol. The van der Waals surface area contributed by atoms with Crippen molar-refractivity contribution < 1.29 is 28.1 Å². The van der Waals surface area contributed by atoms with Crippen molar-refractivity contribution in [2.75, 3.05) is 40.2 Å². The maximum absolute atomic E-state index is 13.9. The van der Waals surface area contributed by atoms with Gasteiger partial charge in [0.15, 0.2) is 5.78 Å². The molecule has 9 nitrogen and oxygen atoms in total. The molecule has 1 saturated heterocycles. The van der Waals surface area contributed by atoms with Gasteiger partial charge in [-0.3, -0.25) is 14.3 Å². The van der Waals surface area contributed by atoms with Gasteiger partial charge in [0.2, 0.25) is 0 Å². The molecule has 4 aromatic rings. The van der Waals surface area contributed by atoms with E-state index < -0.39 is 18.3 Å². The van der Waals surface area contributed by atoms with Gasteiger partial charge in [0.05, 0.1) is 50.8 Å². The molecule has 1 aliphatic heterocycles. The molecule has 0 aliphatic carbocycles. The van der Waals surface area contributed by atoms with Crippen LogP contribution in [0.2, 0.25) is 5.02 Å². The lowest BCUT2D eigenvalue weighted by atomic mass is 9.97.